The van der Waals surface area contributed by atoms with Gasteiger partial charge >= 0.3 is 0 Å². The number of hydrogen-bond acceptors (Lipinski definition) is 5. The summed E-state index contributed by atoms with van der Waals surface area (Å²) in [6, 6.07) is 3.67. The van der Waals surface area contributed by atoms with Crippen LogP contribution >= 0.6 is 0 Å². The number of amides is 1. The molecule has 1 aliphatic rings. The van der Waals surface area contributed by atoms with Gasteiger partial charge in [0.25, 0.3) is 0 Å². The summed E-state index contributed by atoms with van der Waals surface area (Å²) in [7, 11) is 0. The van der Waals surface area contributed by atoms with Gasteiger partial charge in [-0.05, 0) is 18.1 Å². The van der Waals surface area contributed by atoms with Crippen LogP contribution in [0.2, 0.25) is 0 Å². The number of pyridine rings is 1. The Hall–Kier alpha value is -2.24. The largest absolute Gasteiger partial charge is 0.342 e. The van der Waals surface area contributed by atoms with Crippen molar-refractivity contribution in [2.24, 2.45) is 5.92 Å². The molecule has 1 aliphatic heterocycles. The van der Waals surface area contributed by atoms with Crippen molar-refractivity contribution < 1.29 is 9.32 Å². The first-order valence-electron chi connectivity index (χ1n) is 7.15. The van der Waals surface area contributed by atoms with Crippen LogP contribution in [0.5, 0.6) is 0 Å². The number of likely N-dealkylation sites (tertiary alicyclic amines) is 1. The molecule has 21 heavy (non-hydrogen) atoms. The van der Waals surface area contributed by atoms with E-state index >= 15 is 0 Å². The third-order valence-electron chi connectivity index (χ3n) is 3.53. The van der Waals surface area contributed by atoms with Crippen LogP contribution in [0.1, 0.15) is 32.1 Å². The smallest absolute Gasteiger partial charge is 0.232 e. The van der Waals surface area contributed by atoms with Crippen LogP contribution in [0, 0.1) is 5.92 Å². The Labute approximate surface area is 123 Å². The Bertz CT molecular complexity index is 624. The molecule has 6 nitrogen and oxygen atoms in total. The zero-order valence-electron chi connectivity index (χ0n) is 12.2. The summed E-state index contributed by atoms with van der Waals surface area (Å²) >= 11 is 0. The molecule has 6 heteroatoms. The topological polar surface area (TPSA) is 72.1 Å². The van der Waals surface area contributed by atoms with Gasteiger partial charge in [0, 0.05) is 37.5 Å². The Morgan fingerprint density at radius 1 is 1.38 bits per heavy atom. The van der Waals surface area contributed by atoms with Crippen molar-refractivity contribution in [3.8, 4) is 11.4 Å². The maximum Gasteiger partial charge on any atom is 0.232 e. The summed E-state index contributed by atoms with van der Waals surface area (Å²) in [6.07, 6.45) is 3.83. The highest BCUT2D eigenvalue weighted by Gasteiger charge is 2.34. The van der Waals surface area contributed by atoms with E-state index in [1.807, 2.05) is 17.0 Å². The van der Waals surface area contributed by atoms with Gasteiger partial charge in [0.05, 0.1) is 5.92 Å². The van der Waals surface area contributed by atoms with Crippen molar-refractivity contribution in [2.75, 3.05) is 13.1 Å². The number of aromatic nitrogens is 3. The lowest BCUT2D eigenvalue weighted by molar-refractivity contribution is -0.128. The van der Waals surface area contributed by atoms with E-state index in [2.05, 4.69) is 29.0 Å². The Balaban J connectivity index is 1.74. The molecule has 1 saturated heterocycles. The molecule has 2 aromatic rings. The van der Waals surface area contributed by atoms with Crippen LogP contribution in [-0.4, -0.2) is 39.0 Å². The van der Waals surface area contributed by atoms with E-state index in [1.54, 1.807) is 12.4 Å². The van der Waals surface area contributed by atoms with Gasteiger partial charge in [0.2, 0.25) is 17.6 Å². The molecular formula is C15H18N4O2. The van der Waals surface area contributed by atoms with E-state index in [1.165, 1.54) is 0 Å². The SMILES string of the molecule is CC(C)CN1C[C@H](c2nc(-c3ccncc3)no2)CC1=O. The average molecular weight is 286 g/mol. The molecular weight excluding hydrogens is 268 g/mol. The van der Waals surface area contributed by atoms with Crippen LogP contribution in [0.25, 0.3) is 11.4 Å². The van der Waals surface area contributed by atoms with Crippen molar-refractivity contribution in [3.05, 3.63) is 30.4 Å². The highest BCUT2D eigenvalue weighted by atomic mass is 16.5. The maximum atomic E-state index is 12.0. The molecule has 3 rings (SSSR count). The third kappa shape index (κ3) is 2.94. The fraction of sp³-hybridized carbons (Fsp3) is 0.467. The average Bonchev–Trinajstić information content (AvgIpc) is 3.07. The highest BCUT2D eigenvalue weighted by Crippen LogP contribution is 2.28. The predicted molar refractivity (Wildman–Crippen MR) is 76.3 cm³/mol. The molecule has 0 aliphatic carbocycles. The quantitative estimate of drug-likeness (QED) is 0.860. The van der Waals surface area contributed by atoms with E-state index in [0.29, 0.717) is 30.6 Å². The van der Waals surface area contributed by atoms with Crippen molar-refractivity contribution in [1.82, 2.24) is 20.0 Å². The molecule has 3 heterocycles. The maximum absolute atomic E-state index is 12.0. The molecule has 1 atom stereocenters. The zero-order chi connectivity index (χ0) is 14.8. The van der Waals surface area contributed by atoms with E-state index in [9.17, 15) is 4.79 Å². The summed E-state index contributed by atoms with van der Waals surface area (Å²) in [5, 5.41) is 4.00. The highest BCUT2D eigenvalue weighted by molar-refractivity contribution is 5.79. The lowest BCUT2D eigenvalue weighted by Crippen LogP contribution is -2.29. The summed E-state index contributed by atoms with van der Waals surface area (Å²) < 4.78 is 5.34. The van der Waals surface area contributed by atoms with Crippen molar-refractivity contribution in [2.45, 2.75) is 26.2 Å². The van der Waals surface area contributed by atoms with Gasteiger partial charge in [0.1, 0.15) is 0 Å². The van der Waals surface area contributed by atoms with Crippen LogP contribution < -0.4 is 0 Å². The van der Waals surface area contributed by atoms with Gasteiger partial charge in [-0.2, -0.15) is 4.98 Å². The molecule has 2 aromatic heterocycles. The fourth-order valence-electron chi connectivity index (χ4n) is 2.57. The minimum Gasteiger partial charge on any atom is -0.342 e. The minimum absolute atomic E-state index is 0.000614. The molecule has 110 valence electrons. The first-order chi connectivity index (χ1) is 10.1. The molecule has 0 spiro atoms. The summed E-state index contributed by atoms with van der Waals surface area (Å²) in [4.78, 5) is 22.3. The molecule has 1 amide bonds. The van der Waals surface area contributed by atoms with Crippen molar-refractivity contribution in [3.63, 3.8) is 0 Å². The summed E-state index contributed by atoms with van der Waals surface area (Å²) in [5.74, 6) is 1.71. The number of carbonyl (C=O) groups excluding carboxylic acids is 1. The van der Waals surface area contributed by atoms with Crippen molar-refractivity contribution in [1.29, 1.82) is 0 Å². The Morgan fingerprint density at radius 2 is 2.14 bits per heavy atom. The second-order valence-corrected chi connectivity index (χ2v) is 5.79. The van der Waals surface area contributed by atoms with E-state index in [4.69, 9.17) is 4.52 Å². The Kier molecular flexibility index (Phi) is 3.68. The first-order valence-corrected chi connectivity index (χ1v) is 7.15. The second kappa shape index (κ2) is 5.63. The number of carbonyl (C=O) groups is 1. The number of rotatable bonds is 4. The summed E-state index contributed by atoms with van der Waals surface area (Å²) in [6.45, 7) is 5.65. The van der Waals surface area contributed by atoms with Gasteiger partial charge in [-0.25, -0.2) is 0 Å². The molecule has 0 saturated carbocycles. The van der Waals surface area contributed by atoms with Crippen LogP contribution in [0.4, 0.5) is 0 Å². The molecule has 0 N–H and O–H groups in total. The van der Waals surface area contributed by atoms with Crippen molar-refractivity contribution >= 4 is 5.91 Å². The lowest BCUT2D eigenvalue weighted by atomic mass is 10.1. The van der Waals surface area contributed by atoms with Crippen LogP contribution in [0.3, 0.4) is 0 Å². The lowest BCUT2D eigenvalue weighted by Gasteiger charge is -2.18. The van der Waals surface area contributed by atoms with Gasteiger partial charge in [-0.1, -0.05) is 19.0 Å². The predicted octanol–water partition coefficient (Wildman–Crippen LogP) is 2.10. The van der Waals surface area contributed by atoms with Gasteiger partial charge in [0.15, 0.2) is 0 Å². The normalized spacial score (nSPS) is 18.7. The van der Waals surface area contributed by atoms with Crippen LogP contribution in [-0.2, 0) is 4.79 Å². The van der Waals surface area contributed by atoms with E-state index in [0.717, 1.165) is 12.1 Å². The standard InChI is InChI=1S/C15H18N4O2/c1-10(2)8-19-9-12(7-13(19)20)15-17-14(18-21-15)11-3-5-16-6-4-11/h3-6,10,12H,7-9H2,1-2H3/t12-/m1/s1. The second-order valence-electron chi connectivity index (χ2n) is 5.79. The summed E-state index contributed by atoms with van der Waals surface area (Å²) in [5.41, 5.74) is 0.864. The van der Waals surface area contributed by atoms with Gasteiger partial charge in [-0.15, -0.1) is 0 Å². The van der Waals surface area contributed by atoms with E-state index in [-0.39, 0.29) is 11.8 Å². The third-order valence-corrected chi connectivity index (χ3v) is 3.53. The molecule has 0 radical (unpaired) electrons. The molecule has 0 aromatic carbocycles. The number of hydrogen-bond donors (Lipinski definition) is 0. The number of nitrogens with zero attached hydrogens (tertiary/aromatic N) is 4. The molecule has 0 bridgehead atoms. The Morgan fingerprint density at radius 3 is 2.86 bits per heavy atom. The van der Waals surface area contributed by atoms with Gasteiger partial charge < -0.3 is 9.42 Å². The minimum atomic E-state index is -0.000614. The molecule has 1 fully saturated rings. The zero-order valence-corrected chi connectivity index (χ0v) is 12.2. The van der Waals surface area contributed by atoms with Gasteiger partial charge in [-0.3, -0.25) is 9.78 Å². The monoisotopic (exact) mass is 286 g/mol. The first kappa shape index (κ1) is 13.7. The van der Waals surface area contributed by atoms with Crippen LogP contribution in [0.15, 0.2) is 29.0 Å². The fourth-order valence-corrected chi connectivity index (χ4v) is 2.57. The molecule has 0 unspecified atom stereocenters. The van der Waals surface area contributed by atoms with E-state index < -0.39 is 0 Å².